The lowest BCUT2D eigenvalue weighted by molar-refractivity contribution is -0.115. The molecule has 2 aromatic heterocycles. The number of amides is 2. The van der Waals surface area contributed by atoms with Crippen LogP contribution < -0.4 is 10.6 Å². The molecule has 2 aliphatic carbocycles. The molecule has 3 N–H and O–H groups in total. The van der Waals surface area contributed by atoms with E-state index in [2.05, 4.69) is 30.8 Å². The van der Waals surface area contributed by atoms with Crippen LogP contribution in [0.2, 0.25) is 0 Å². The van der Waals surface area contributed by atoms with E-state index in [1.807, 2.05) is 19.9 Å². The first-order valence-electron chi connectivity index (χ1n) is 10.6. The average Bonchev–Trinajstić information content (AvgIpc) is 3.30. The van der Waals surface area contributed by atoms with Crippen LogP contribution in [0.3, 0.4) is 0 Å². The zero-order valence-corrected chi connectivity index (χ0v) is 17.4. The number of alkyl carbamates (subject to hydrolysis) is 1. The number of nitrogens with one attached hydrogen (secondary N) is 3. The van der Waals surface area contributed by atoms with Crippen LogP contribution in [0.15, 0.2) is 18.5 Å². The van der Waals surface area contributed by atoms with Gasteiger partial charge in [-0.2, -0.15) is 5.10 Å². The number of aromatic nitrogens is 4. The molecule has 160 valence electrons. The summed E-state index contributed by atoms with van der Waals surface area (Å²) in [7, 11) is 0. The predicted octanol–water partition coefficient (Wildman–Crippen LogP) is 2.85. The Hall–Kier alpha value is -2.97. The molecule has 0 spiro atoms. The Balaban J connectivity index is 1.24. The molecule has 9 heteroatoms. The number of carbonyl (C=O) groups is 2. The zero-order valence-electron chi connectivity index (χ0n) is 17.4. The van der Waals surface area contributed by atoms with Crippen LogP contribution in [0.1, 0.15) is 62.0 Å². The van der Waals surface area contributed by atoms with Crippen LogP contribution in [0.5, 0.6) is 0 Å². The summed E-state index contributed by atoms with van der Waals surface area (Å²) in [5, 5.41) is 12.9. The lowest BCUT2D eigenvalue weighted by atomic mass is 10.0. The summed E-state index contributed by atoms with van der Waals surface area (Å²) in [6.45, 7) is 3.88. The molecule has 30 heavy (non-hydrogen) atoms. The standard InChI is InChI=1S/C21H28N6O3/c1-12-10-23-16(11-22-12)8-20(28)25-19-9-18(26-27-19)15-5-6-17(7-15)30-21(29)24-13(2)14-3-4-14/h9-11,13-15,17H,3-8H2,1-2H3,(H,24,29)(H2,25,26,27,28)/t13-,15-,17+/m0/s1. The van der Waals surface area contributed by atoms with Gasteiger partial charge in [0.2, 0.25) is 5.91 Å². The van der Waals surface area contributed by atoms with Crippen molar-refractivity contribution in [3.8, 4) is 0 Å². The molecule has 0 unspecified atom stereocenters. The van der Waals surface area contributed by atoms with Gasteiger partial charge in [0, 0.05) is 36.1 Å². The Bertz CT molecular complexity index is 892. The normalized spacial score (nSPS) is 21.8. The molecule has 0 aliphatic heterocycles. The van der Waals surface area contributed by atoms with Crippen molar-refractivity contribution in [2.45, 2.75) is 70.4 Å². The highest BCUT2D eigenvalue weighted by molar-refractivity contribution is 5.91. The van der Waals surface area contributed by atoms with Gasteiger partial charge in [-0.1, -0.05) is 0 Å². The SMILES string of the molecule is Cc1cnc(CC(=O)Nc2cc([C@H]3CC[C@@H](OC(=O)N[C@@H](C)C4CC4)C3)[nH]n2)cn1. The van der Waals surface area contributed by atoms with Gasteiger partial charge in [0.15, 0.2) is 5.82 Å². The van der Waals surface area contributed by atoms with Crippen molar-refractivity contribution >= 4 is 17.8 Å². The molecule has 0 bridgehead atoms. The van der Waals surface area contributed by atoms with Crippen molar-refractivity contribution in [2.75, 3.05) is 5.32 Å². The van der Waals surface area contributed by atoms with Gasteiger partial charge in [-0.25, -0.2) is 4.79 Å². The Kier molecular flexibility index (Phi) is 5.96. The molecule has 9 nitrogen and oxygen atoms in total. The van der Waals surface area contributed by atoms with E-state index in [-0.39, 0.29) is 36.5 Å². The Labute approximate surface area is 175 Å². The number of hydrogen-bond donors (Lipinski definition) is 3. The first-order valence-corrected chi connectivity index (χ1v) is 10.6. The van der Waals surface area contributed by atoms with Crippen LogP contribution in [-0.2, 0) is 16.0 Å². The first-order chi connectivity index (χ1) is 14.5. The summed E-state index contributed by atoms with van der Waals surface area (Å²) < 4.78 is 5.59. The Morgan fingerprint density at radius 1 is 1.23 bits per heavy atom. The number of anilines is 1. The summed E-state index contributed by atoms with van der Waals surface area (Å²) >= 11 is 0. The van der Waals surface area contributed by atoms with E-state index < -0.39 is 0 Å². The second-order valence-electron chi connectivity index (χ2n) is 8.39. The minimum atomic E-state index is -0.322. The maximum Gasteiger partial charge on any atom is 0.407 e. The lowest BCUT2D eigenvalue weighted by Crippen LogP contribution is -2.36. The number of nitrogens with zero attached hydrogens (tertiary/aromatic N) is 3. The first kappa shape index (κ1) is 20.3. The van der Waals surface area contributed by atoms with Crippen molar-refractivity contribution in [2.24, 2.45) is 5.92 Å². The fourth-order valence-corrected chi connectivity index (χ4v) is 3.89. The van der Waals surface area contributed by atoms with Gasteiger partial charge < -0.3 is 15.4 Å². The number of hydrogen-bond acceptors (Lipinski definition) is 6. The van der Waals surface area contributed by atoms with Crippen LogP contribution in [0.25, 0.3) is 0 Å². The molecule has 2 fully saturated rings. The summed E-state index contributed by atoms with van der Waals surface area (Å²) in [5.41, 5.74) is 2.36. The summed E-state index contributed by atoms with van der Waals surface area (Å²) in [5.74, 6) is 1.12. The fourth-order valence-electron chi connectivity index (χ4n) is 3.89. The molecule has 2 aliphatic rings. The molecule has 2 amide bonds. The highest BCUT2D eigenvalue weighted by Gasteiger charge is 2.32. The Morgan fingerprint density at radius 2 is 2.07 bits per heavy atom. The van der Waals surface area contributed by atoms with Crippen molar-refractivity contribution in [1.29, 1.82) is 0 Å². The highest BCUT2D eigenvalue weighted by atomic mass is 16.6. The maximum absolute atomic E-state index is 12.2. The smallest absolute Gasteiger partial charge is 0.407 e. The number of ether oxygens (including phenoxy) is 1. The van der Waals surface area contributed by atoms with Gasteiger partial charge in [0.1, 0.15) is 6.10 Å². The molecule has 2 aromatic rings. The molecule has 2 heterocycles. The van der Waals surface area contributed by atoms with Gasteiger partial charge >= 0.3 is 6.09 Å². The van der Waals surface area contributed by atoms with Gasteiger partial charge in [-0.05, 0) is 51.9 Å². The predicted molar refractivity (Wildman–Crippen MR) is 110 cm³/mol. The van der Waals surface area contributed by atoms with Crippen LogP contribution in [0.4, 0.5) is 10.6 Å². The molecule has 0 aromatic carbocycles. The van der Waals surface area contributed by atoms with Crippen LogP contribution >= 0.6 is 0 Å². The summed E-state index contributed by atoms with van der Waals surface area (Å²) in [6, 6.07) is 2.03. The third kappa shape index (κ3) is 5.34. The van der Waals surface area contributed by atoms with Crippen LogP contribution in [0, 0.1) is 12.8 Å². The largest absolute Gasteiger partial charge is 0.446 e. The molecule has 3 atom stereocenters. The quantitative estimate of drug-likeness (QED) is 0.643. The van der Waals surface area contributed by atoms with E-state index in [1.54, 1.807) is 12.4 Å². The second kappa shape index (κ2) is 8.81. The van der Waals surface area contributed by atoms with Crippen molar-refractivity contribution in [3.05, 3.63) is 35.5 Å². The fraction of sp³-hybridized carbons (Fsp3) is 0.571. The third-order valence-corrected chi connectivity index (χ3v) is 5.81. The minimum absolute atomic E-state index is 0.0946. The second-order valence-corrected chi connectivity index (χ2v) is 8.39. The van der Waals surface area contributed by atoms with E-state index in [1.165, 1.54) is 12.8 Å². The molecular formula is C21H28N6O3. The van der Waals surface area contributed by atoms with Gasteiger partial charge in [-0.3, -0.25) is 19.9 Å². The number of aromatic amines is 1. The van der Waals surface area contributed by atoms with Crippen molar-refractivity contribution in [1.82, 2.24) is 25.5 Å². The van der Waals surface area contributed by atoms with Gasteiger partial charge in [0.05, 0.1) is 17.8 Å². The van der Waals surface area contributed by atoms with Gasteiger partial charge in [0.25, 0.3) is 0 Å². The van der Waals surface area contributed by atoms with E-state index in [0.29, 0.717) is 17.4 Å². The van der Waals surface area contributed by atoms with E-state index in [4.69, 9.17) is 4.74 Å². The maximum atomic E-state index is 12.2. The molecule has 2 saturated carbocycles. The molecular weight excluding hydrogens is 384 g/mol. The van der Waals surface area contributed by atoms with Crippen molar-refractivity contribution < 1.29 is 14.3 Å². The van der Waals surface area contributed by atoms with E-state index in [0.717, 1.165) is 30.7 Å². The molecule has 0 radical (unpaired) electrons. The lowest BCUT2D eigenvalue weighted by Gasteiger charge is -2.16. The average molecular weight is 412 g/mol. The minimum Gasteiger partial charge on any atom is -0.446 e. The Morgan fingerprint density at radius 3 is 2.80 bits per heavy atom. The number of aryl methyl sites for hydroxylation is 1. The molecule has 0 saturated heterocycles. The molecule has 4 rings (SSSR count). The van der Waals surface area contributed by atoms with Crippen molar-refractivity contribution in [3.63, 3.8) is 0 Å². The van der Waals surface area contributed by atoms with E-state index >= 15 is 0 Å². The van der Waals surface area contributed by atoms with E-state index in [9.17, 15) is 9.59 Å². The third-order valence-electron chi connectivity index (χ3n) is 5.81. The monoisotopic (exact) mass is 412 g/mol. The summed E-state index contributed by atoms with van der Waals surface area (Å²) in [6.07, 6.45) is 7.82. The van der Waals surface area contributed by atoms with Gasteiger partial charge in [-0.15, -0.1) is 0 Å². The van der Waals surface area contributed by atoms with Crippen LogP contribution in [-0.4, -0.2) is 44.3 Å². The topological polar surface area (TPSA) is 122 Å². The highest BCUT2D eigenvalue weighted by Crippen LogP contribution is 2.36. The summed E-state index contributed by atoms with van der Waals surface area (Å²) in [4.78, 5) is 32.6. The number of H-pyrrole nitrogens is 1. The zero-order chi connectivity index (χ0) is 21.1. The number of carbonyl (C=O) groups excluding carboxylic acids is 2. The number of rotatable bonds is 7.